The van der Waals surface area contributed by atoms with Gasteiger partial charge in [0.05, 0.1) is 41.4 Å². The fourth-order valence-corrected chi connectivity index (χ4v) is 4.46. The highest BCUT2D eigenvalue weighted by molar-refractivity contribution is 9.10. The van der Waals surface area contributed by atoms with Gasteiger partial charge in [0, 0.05) is 18.0 Å². The van der Waals surface area contributed by atoms with Crippen molar-refractivity contribution < 1.29 is 14.0 Å². The van der Waals surface area contributed by atoms with Crippen LogP contribution in [0.25, 0.3) is 22.3 Å². The van der Waals surface area contributed by atoms with Crippen LogP contribution >= 0.6 is 15.9 Å². The molecule has 0 saturated carbocycles. The average Bonchev–Trinajstić information content (AvgIpc) is 3.51. The minimum Gasteiger partial charge on any atom is -0.351 e. The number of imidazole rings is 1. The molecule has 2 atom stereocenters. The van der Waals surface area contributed by atoms with Crippen molar-refractivity contribution in [1.29, 1.82) is 0 Å². The fourth-order valence-electron chi connectivity index (χ4n) is 4.11. The lowest BCUT2D eigenvalue weighted by molar-refractivity contribution is 0.202. The lowest BCUT2D eigenvalue weighted by atomic mass is 10.2. The zero-order valence-corrected chi connectivity index (χ0v) is 18.8. The van der Waals surface area contributed by atoms with Gasteiger partial charge >= 0.3 is 12.1 Å². The molecule has 2 unspecified atom stereocenters. The van der Waals surface area contributed by atoms with Crippen LogP contribution in [0.1, 0.15) is 18.3 Å². The zero-order valence-electron chi connectivity index (χ0n) is 17.2. The number of likely N-dealkylation sites (tertiary alicyclic amines) is 1. The van der Waals surface area contributed by atoms with Crippen molar-refractivity contribution in [2.24, 2.45) is 5.73 Å². The third kappa shape index (κ3) is 3.95. The Hall–Kier alpha value is -3.73. The quantitative estimate of drug-likeness (QED) is 0.352. The van der Waals surface area contributed by atoms with Crippen molar-refractivity contribution in [3.63, 3.8) is 0 Å². The molecule has 9 nitrogen and oxygen atoms in total. The van der Waals surface area contributed by atoms with E-state index in [9.17, 15) is 14.0 Å². The second-order valence-electron chi connectivity index (χ2n) is 7.73. The molecule has 4 aromatic rings. The molecule has 0 bridgehead atoms. The lowest BCUT2D eigenvalue weighted by Gasteiger charge is -2.23. The van der Waals surface area contributed by atoms with Gasteiger partial charge in [-0.05, 0) is 34.1 Å². The Morgan fingerprint density at radius 2 is 2.03 bits per heavy atom. The normalized spacial score (nSPS) is 18.1. The summed E-state index contributed by atoms with van der Waals surface area (Å²) < 4.78 is 16.3. The van der Waals surface area contributed by atoms with E-state index < -0.39 is 24.3 Å². The maximum Gasteiger partial charge on any atom is 0.323 e. The molecule has 3 aromatic heterocycles. The van der Waals surface area contributed by atoms with Gasteiger partial charge in [0.25, 0.3) is 0 Å². The fraction of sp³-hybridized carbons (Fsp3) is 0.182. The number of rotatable bonds is 3. The van der Waals surface area contributed by atoms with Crippen LogP contribution in [0.2, 0.25) is 0 Å². The first kappa shape index (κ1) is 21.1. The number of hydrogen-bond acceptors (Lipinski definition) is 4. The van der Waals surface area contributed by atoms with Crippen molar-refractivity contribution in [2.75, 3.05) is 11.9 Å². The number of halogens is 2. The van der Waals surface area contributed by atoms with Crippen molar-refractivity contribution in [3.8, 4) is 11.4 Å². The Balaban J connectivity index is 1.42. The Labute approximate surface area is 195 Å². The zero-order chi connectivity index (χ0) is 23.1. The summed E-state index contributed by atoms with van der Waals surface area (Å²) in [5.74, 6) is 0.474. The minimum atomic E-state index is -1.19. The molecule has 1 fully saturated rings. The number of para-hydroxylation sites is 1. The summed E-state index contributed by atoms with van der Waals surface area (Å²) in [6, 6.07) is 10.8. The molecule has 1 aromatic carbocycles. The highest BCUT2D eigenvalue weighted by atomic mass is 79.9. The molecule has 5 rings (SSSR count). The molecule has 11 heteroatoms. The number of carbonyl (C=O) groups excluding carboxylic acids is 2. The average molecular weight is 512 g/mol. The number of carbonyl (C=O) groups is 2. The number of primary amides is 1. The standard InChI is InChI=1S/C22H19BrFN7O2/c23-19-7-3-5-14(27-19)15-9-26-20(28-15)18-8-12(24)10-31(18)22(33)29-16-11-30(21(25)32)17-6-2-1-4-13(16)17/h1-7,9,11-12,18H,8,10H2,(H2,25,32)(H,26,28)(H,29,33). The second-order valence-corrected chi connectivity index (χ2v) is 8.54. The first-order valence-corrected chi connectivity index (χ1v) is 11.0. The van der Waals surface area contributed by atoms with Gasteiger partial charge in [-0.3, -0.25) is 4.57 Å². The van der Waals surface area contributed by atoms with Crippen LogP contribution in [0.5, 0.6) is 0 Å². The molecule has 0 spiro atoms. The van der Waals surface area contributed by atoms with Crippen LogP contribution in [0.4, 0.5) is 19.7 Å². The SMILES string of the molecule is NC(=O)n1cc(NC(=O)N2CC(F)CC2c2ncc(-c3cccc(Br)n3)[nH]2)c2ccccc21. The van der Waals surface area contributed by atoms with E-state index in [-0.39, 0.29) is 13.0 Å². The summed E-state index contributed by atoms with van der Waals surface area (Å²) in [5.41, 5.74) is 7.77. The molecule has 168 valence electrons. The van der Waals surface area contributed by atoms with Gasteiger partial charge in [0.15, 0.2) is 0 Å². The van der Waals surface area contributed by atoms with Crippen molar-refractivity contribution in [2.45, 2.75) is 18.6 Å². The largest absolute Gasteiger partial charge is 0.351 e. The number of urea groups is 1. The molecular formula is C22H19BrFN7O2. The number of anilines is 1. The molecule has 33 heavy (non-hydrogen) atoms. The van der Waals surface area contributed by atoms with Gasteiger partial charge in [0.1, 0.15) is 16.6 Å². The number of fused-ring (bicyclic) bond motifs is 1. The van der Waals surface area contributed by atoms with E-state index in [0.717, 1.165) is 0 Å². The first-order chi connectivity index (χ1) is 15.9. The molecule has 4 heterocycles. The molecule has 1 saturated heterocycles. The van der Waals surface area contributed by atoms with Gasteiger partial charge in [-0.25, -0.2) is 23.9 Å². The van der Waals surface area contributed by atoms with Crippen LogP contribution in [0, 0.1) is 0 Å². The summed E-state index contributed by atoms with van der Waals surface area (Å²) >= 11 is 3.34. The lowest BCUT2D eigenvalue weighted by Crippen LogP contribution is -2.35. The van der Waals surface area contributed by atoms with E-state index in [1.165, 1.54) is 15.7 Å². The molecule has 3 amide bonds. The van der Waals surface area contributed by atoms with E-state index in [0.29, 0.717) is 38.4 Å². The van der Waals surface area contributed by atoms with Crippen LogP contribution in [-0.2, 0) is 0 Å². The number of aromatic amines is 1. The predicted octanol–water partition coefficient (Wildman–Crippen LogP) is 4.43. The third-order valence-corrected chi connectivity index (χ3v) is 6.05. The maximum atomic E-state index is 14.4. The number of nitrogens with one attached hydrogen (secondary N) is 2. The van der Waals surface area contributed by atoms with Crippen LogP contribution in [0.3, 0.4) is 0 Å². The molecular weight excluding hydrogens is 493 g/mol. The van der Waals surface area contributed by atoms with E-state index in [4.69, 9.17) is 5.73 Å². The highest BCUT2D eigenvalue weighted by Crippen LogP contribution is 2.34. The van der Waals surface area contributed by atoms with E-state index in [2.05, 4.69) is 36.2 Å². The van der Waals surface area contributed by atoms with Gasteiger partial charge < -0.3 is 20.9 Å². The molecule has 0 aliphatic carbocycles. The third-order valence-electron chi connectivity index (χ3n) is 5.60. The topological polar surface area (TPSA) is 122 Å². The van der Waals surface area contributed by atoms with Crippen molar-refractivity contribution in [1.82, 2.24) is 24.4 Å². The number of hydrogen-bond donors (Lipinski definition) is 3. The van der Waals surface area contributed by atoms with Gasteiger partial charge in [0.2, 0.25) is 0 Å². The number of aromatic nitrogens is 4. The maximum absolute atomic E-state index is 14.4. The summed E-state index contributed by atoms with van der Waals surface area (Å²) in [6.07, 6.45) is 2.01. The summed E-state index contributed by atoms with van der Waals surface area (Å²) in [6.45, 7) is -0.0733. The van der Waals surface area contributed by atoms with Gasteiger partial charge in [-0.1, -0.05) is 24.3 Å². The molecule has 4 N–H and O–H groups in total. The van der Waals surface area contributed by atoms with Gasteiger partial charge in [-0.15, -0.1) is 0 Å². The number of nitrogens with zero attached hydrogens (tertiary/aromatic N) is 4. The number of H-pyrrole nitrogens is 1. The number of amides is 3. The molecule has 1 aliphatic rings. The molecule has 0 radical (unpaired) electrons. The predicted molar refractivity (Wildman–Crippen MR) is 124 cm³/mol. The molecule has 1 aliphatic heterocycles. The summed E-state index contributed by atoms with van der Waals surface area (Å²) in [7, 11) is 0. The van der Waals surface area contributed by atoms with E-state index in [1.54, 1.807) is 30.5 Å². The van der Waals surface area contributed by atoms with Crippen LogP contribution in [-0.4, -0.2) is 49.2 Å². The summed E-state index contributed by atoms with van der Waals surface area (Å²) in [4.78, 5) is 38.3. The Morgan fingerprint density at radius 1 is 1.21 bits per heavy atom. The van der Waals surface area contributed by atoms with E-state index >= 15 is 0 Å². The van der Waals surface area contributed by atoms with Crippen LogP contribution in [0.15, 0.2) is 59.5 Å². The van der Waals surface area contributed by atoms with E-state index in [1.807, 2.05) is 18.2 Å². The van der Waals surface area contributed by atoms with Gasteiger partial charge in [-0.2, -0.15) is 0 Å². The highest BCUT2D eigenvalue weighted by Gasteiger charge is 2.38. The minimum absolute atomic E-state index is 0.0733. The Morgan fingerprint density at radius 3 is 2.82 bits per heavy atom. The van der Waals surface area contributed by atoms with Crippen molar-refractivity contribution >= 4 is 44.6 Å². The summed E-state index contributed by atoms with van der Waals surface area (Å²) in [5, 5.41) is 3.45. The Bertz CT molecular complexity index is 1370. The smallest absolute Gasteiger partial charge is 0.323 e. The van der Waals surface area contributed by atoms with Crippen LogP contribution < -0.4 is 11.1 Å². The van der Waals surface area contributed by atoms with Crippen molar-refractivity contribution in [3.05, 3.63) is 65.3 Å². The number of nitrogens with two attached hydrogens (primary N) is 1. The first-order valence-electron chi connectivity index (χ1n) is 10.2. The number of pyridine rings is 1. The second kappa shape index (κ2) is 8.32. The number of benzene rings is 1. The number of alkyl halides is 1. The monoisotopic (exact) mass is 511 g/mol. The Kier molecular flexibility index (Phi) is 5.33.